The summed E-state index contributed by atoms with van der Waals surface area (Å²) < 4.78 is 0. The molecule has 0 nitrogen and oxygen atoms in total. The molecule has 1 aliphatic carbocycles. The van der Waals surface area contributed by atoms with Gasteiger partial charge in [0.15, 0.2) is 0 Å². The minimum atomic E-state index is 0.134. The first kappa shape index (κ1) is 13.1. The fourth-order valence-electron chi connectivity index (χ4n) is 3.31. The Bertz CT molecular complexity index is 531. The van der Waals surface area contributed by atoms with Crippen LogP contribution in [0.3, 0.4) is 0 Å². The molecule has 2 atom stereocenters. The lowest BCUT2D eigenvalue weighted by molar-refractivity contribution is 0.405. The molecule has 1 aromatic carbocycles. The van der Waals surface area contributed by atoms with Gasteiger partial charge >= 0.3 is 0 Å². The smallest absolute Gasteiger partial charge is 0.0199 e. The topological polar surface area (TPSA) is 0 Å². The highest BCUT2D eigenvalue weighted by atomic mass is 14.4. The first-order chi connectivity index (χ1) is 8.39. The fraction of sp³-hybridized carbons (Fsp3) is 0.444. The Kier molecular flexibility index (Phi) is 3.23. The van der Waals surface area contributed by atoms with Crippen LogP contribution in [-0.2, 0) is 5.41 Å². The monoisotopic (exact) mass is 240 g/mol. The SMILES string of the molecule is CC1=CC(C)=C(C)C(C)C1(C)c1ccccc1C. The van der Waals surface area contributed by atoms with E-state index in [-0.39, 0.29) is 5.41 Å². The number of hydrogen-bond acceptors (Lipinski definition) is 0. The largest absolute Gasteiger partial charge is 0.0664 e. The summed E-state index contributed by atoms with van der Waals surface area (Å²) >= 11 is 0. The van der Waals surface area contributed by atoms with Crippen LogP contribution in [0.4, 0.5) is 0 Å². The quantitative estimate of drug-likeness (QED) is 0.634. The maximum absolute atomic E-state index is 2.39. The molecule has 0 N–H and O–H groups in total. The number of aryl methyl sites for hydroxylation is 1. The Morgan fingerprint density at radius 2 is 1.61 bits per heavy atom. The van der Waals surface area contributed by atoms with Gasteiger partial charge in [0.2, 0.25) is 0 Å². The molecule has 18 heavy (non-hydrogen) atoms. The summed E-state index contributed by atoms with van der Waals surface area (Å²) in [7, 11) is 0. The molecule has 96 valence electrons. The molecular formula is C18H24. The molecule has 0 fully saturated rings. The first-order valence-electron chi connectivity index (χ1n) is 6.81. The van der Waals surface area contributed by atoms with Crippen LogP contribution in [0.15, 0.2) is 47.1 Å². The van der Waals surface area contributed by atoms with Gasteiger partial charge in [-0.15, -0.1) is 0 Å². The van der Waals surface area contributed by atoms with Crippen molar-refractivity contribution >= 4 is 0 Å². The third-order valence-electron chi connectivity index (χ3n) is 5.09. The third kappa shape index (κ3) is 1.75. The second-order valence-corrected chi connectivity index (χ2v) is 5.93. The highest BCUT2D eigenvalue weighted by Crippen LogP contribution is 2.47. The van der Waals surface area contributed by atoms with Crippen LogP contribution in [0.2, 0.25) is 0 Å². The van der Waals surface area contributed by atoms with Gasteiger partial charge in [0.1, 0.15) is 0 Å². The maximum atomic E-state index is 2.39. The van der Waals surface area contributed by atoms with E-state index in [4.69, 9.17) is 0 Å². The Labute approximate surface area is 111 Å². The second kappa shape index (κ2) is 4.42. The summed E-state index contributed by atoms with van der Waals surface area (Å²) in [5.74, 6) is 0.559. The first-order valence-corrected chi connectivity index (χ1v) is 6.81. The zero-order valence-corrected chi connectivity index (χ0v) is 12.5. The molecule has 0 aromatic heterocycles. The average molecular weight is 240 g/mol. The number of allylic oxidation sites excluding steroid dienone is 4. The predicted octanol–water partition coefficient (Wildman–Crippen LogP) is 5.19. The highest BCUT2D eigenvalue weighted by Gasteiger charge is 2.38. The number of hydrogen-bond donors (Lipinski definition) is 0. The zero-order chi connectivity index (χ0) is 13.5. The van der Waals surface area contributed by atoms with E-state index in [1.807, 2.05) is 0 Å². The Morgan fingerprint density at radius 1 is 1.00 bits per heavy atom. The Balaban J connectivity index is 2.63. The van der Waals surface area contributed by atoms with Gasteiger partial charge in [-0.1, -0.05) is 60.9 Å². The van der Waals surface area contributed by atoms with Crippen LogP contribution >= 0.6 is 0 Å². The Hall–Kier alpha value is -1.30. The lowest BCUT2D eigenvalue weighted by Crippen LogP contribution is -2.35. The van der Waals surface area contributed by atoms with Crippen LogP contribution < -0.4 is 0 Å². The van der Waals surface area contributed by atoms with Gasteiger partial charge in [0.05, 0.1) is 0 Å². The zero-order valence-electron chi connectivity index (χ0n) is 12.5. The summed E-state index contributed by atoms with van der Waals surface area (Å²) in [5, 5.41) is 0. The molecular weight excluding hydrogens is 216 g/mol. The van der Waals surface area contributed by atoms with E-state index >= 15 is 0 Å². The van der Waals surface area contributed by atoms with Crippen LogP contribution in [0.1, 0.15) is 45.7 Å². The van der Waals surface area contributed by atoms with Crippen LogP contribution in [0.25, 0.3) is 0 Å². The van der Waals surface area contributed by atoms with E-state index in [2.05, 4.69) is 71.9 Å². The lowest BCUT2D eigenvalue weighted by Gasteiger charge is -2.42. The molecule has 0 amide bonds. The van der Waals surface area contributed by atoms with E-state index in [0.29, 0.717) is 5.92 Å². The van der Waals surface area contributed by atoms with E-state index in [9.17, 15) is 0 Å². The lowest BCUT2D eigenvalue weighted by atomic mass is 9.61. The van der Waals surface area contributed by atoms with Crippen molar-refractivity contribution in [3.8, 4) is 0 Å². The molecule has 0 aliphatic heterocycles. The molecule has 1 aliphatic rings. The van der Waals surface area contributed by atoms with E-state index < -0.39 is 0 Å². The van der Waals surface area contributed by atoms with Gasteiger partial charge in [-0.25, -0.2) is 0 Å². The van der Waals surface area contributed by atoms with Crippen molar-refractivity contribution in [2.45, 2.75) is 47.0 Å². The van der Waals surface area contributed by atoms with Gasteiger partial charge in [-0.3, -0.25) is 0 Å². The van der Waals surface area contributed by atoms with E-state index in [1.54, 1.807) is 0 Å². The molecule has 0 spiro atoms. The van der Waals surface area contributed by atoms with Crippen LogP contribution in [0, 0.1) is 12.8 Å². The fourth-order valence-corrected chi connectivity index (χ4v) is 3.31. The normalized spacial score (nSPS) is 28.3. The van der Waals surface area contributed by atoms with Crippen molar-refractivity contribution in [2.75, 3.05) is 0 Å². The van der Waals surface area contributed by atoms with Crippen molar-refractivity contribution < 1.29 is 0 Å². The third-order valence-corrected chi connectivity index (χ3v) is 5.09. The van der Waals surface area contributed by atoms with Gasteiger partial charge in [-0.05, 0) is 44.7 Å². The molecule has 2 rings (SSSR count). The van der Waals surface area contributed by atoms with Crippen molar-refractivity contribution in [1.29, 1.82) is 0 Å². The minimum Gasteiger partial charge on any atom is -0.0664 e. The van der Waals surface area contributed by atoms with E-state index in [0.717, 1.165) is 0 Å². The summed E-state index contributed by atoms with van der Waals surface area (Å²) in [6.07, 6.45) is 2.36. The molecule has 0 heteroatoms. The minimum absolute atomic E-state index is 0.134. The second-order valence-electron chi connectivity index (χ2n) is 5.93. The average Bonchev–Trinajstić information content (AvgIpc) is 2.34. The number of rotatable bonds is 1. The van der Waals surface area contributed by atoms with Crippen molar-refractivity contribution in [3.05, 3.63) is 58.2 Å². The molecule has 0 bridgehead atoms. The summed E-state index contributed by atoms with van der Waals surface area (Å²) in [5.41, 5.74) is 7.43. The highest BCUT2D eigenvalue weighted by molar-refractivity contribution is 5.48. The van der Waals surface area contributed by atoms with Crippen LogP contribution in [-0.4, -0.2) is 0 Å². The molecule has 0 saturated heterocycles. The molecule has 0 heterocycles. The number of benzene rings is 1. The van der Waals surface area contributed by atoms with Crippen LogP contribution in [0.5, 0.6) is 0 Å². The predicted molar refractivity (Wildman–Crippen MR) is 79.8 cm³/mol. The van der Waals surface area contributed by atoms with Gasteiger partial charge in [0.25, 0.3) is 0 Å². The molecule has 0 radical (unpaired) electrons. The van der Waals surface area contributed by atoms with Gasteiger partial charge < -0.3 is 0 Å². The van der Waals surface area contributed by atoms with Crippen molar-refractivity contribution in [1.82, 2.24) is 0 Å². The summed E-state index contributed by atoms with van der Waals surface area (Å²) in [6.45, 7) is 13.8. The summed E-state index contributed by atoms with van der Waals surface area (Å²) in [6, 6.07) is 8.80. The van der Waals surface area contributed by atoms with Crippen molar-refractivity contribution in [3.63, 3.8) is 0 Å². The van der Waals surface area contributed by atoms with E-state index in [1.165, 1.54) is 27.8 Å². The maximum Gasteiger partial charge on any atom is 0.0199 e. The Morgan fingerprint density at radius 3 is 2.22 bits per heavy atom. The standard InChI is InChI=1S/C18H24/c1-12-9-7-8-10-17(12)18(6)14(3)11-13(2)15(4)16(18)5/h7-11,16H,1-6H3. The van der Waals surface area contributed by atoms with Crippen molar-refractivity contribution in [2.24, 2.45) is 5.92 Å². The molecule has 2 unspecified atom stereocenters. The van der Waals surface area contributed by atoms with Gasteiger partial charge in [-0.2, -0.15) is 0 Å². The van der Waals surface area contributed by atoms with Gasteiger partial charge in [0, 0.05) is 5.41 Å². The summed E-state index contributed by atoms with van der Waals surface area (Å²) in [4.78, 5) is 0. The molecule has 0 saturated carbocycles. The molecule has 1 aromatic rings.